The average Bonchev–Trinajstić information content (AvgIpc) is 3.12. The van der Waals surface area contributed by atoms with Crippen molar-refractivity contribution in [1.29, 1.82) is 0 Å². The van der Waals surface area contributed by atoms with Crippen molar-refractivity contribution in [3.8, 4) is 0 Å². The van der Waals surface area contributed by atoms with Crippen molar-refractivity contribution in [2.45, 2.75) is 24.5 Å². The van der Waals surface area contributed by atoms with Crippen LogP contribution < -0.4 is 5.32 Å². The number of benzene rings is 1. The van der Waals surface area contributed by atoms with E-state index in [0.717, 1.165) is 41.4 Å². The van der Waals surface area contributed by atoms with E-state index >= 15 is 0 Å². The number of nitrogens with zero attached hydrogens (tertiary/aromatic N) is 1. The van der Waals surface area contributed by atoms with Crippen LogP contribution in [0.3, 0.4) is 0 Å². The fourth-order valence-electron chi connectivity index (χ4n) is 2.17. The third-order valence-electron chi connectivity index (χ3n) is 3.43. The van der Waals surface area contributed by atoms with Crippen molar-refractivity contribution in [3.63, 3.8) is 0 Å². The highest BCUT2D eigenvalue weighted by Crippen LogP contribution is 2.41. The van der Waals surface area contributed by atoms with Gasteiger partial charge in [0.1, 0.15) is 5.82 Å². The summed E-state index contributed by atoms with van der Waals surface area (Å²) >= 11 is 1.90. The molecule has 1 aromatic rings. The first-order valence-electron chi connectivity index (χ1n) is 6.51. The zero-order chi connectivity index (χ0) is 12.4. The molecule has 2 nitrogen and oxygen atoms in total. The maximum atomic E-state index is 12.7. The van der Waals surface area contributed by atoms with Crippen LogP contribution in [-0.2, 0) is 6.42 Å². The van der Waals surface area contributed by atoms with Crippen LogP contribution in [0.5, 0.6) is 0 Å². The Hall–Kier alpha value is -1.03. The van der Waals surface area contributed by atoms with Gasteiger partial charge in [-0.25, -0.2) is 4.39 Å². The van der Waals surface area contributed by atoms with E-state index in [-0.39, 0.29) is 5.82 Å². The van der Waals surface area contributed by atoms with Crippen molar-refractivity contribution in [2.24, 2.45) is 10.9 Å². The Kier molecular flexibility index (Phi) is 3.55. The van der Waals surface area contributed by atoms with Gasteiger partial charge in [0, 0.05) is 11.8 Å². The predicted octanol–water partition coefficient (Wildman–Crippen LogP) is 2.84. The first-order valence-corrected chi connectivity index (χ1v) is 7.38. The summed E-state index contributed by atoms with van der Waals surface area (Å²) in [5.74, 6) is 0.741. The number of rotatable bonds is 4. The van der Waals surface area contributed by atoms with Crippen molar-refractivity contribution < 1.29 is 4.39 Å². The van der Waals surface area contributed by atoms with E-state index < -0.39 is 0 Å². The Morgan fingerprint density at radius 1 is 1.28 bits per heavy atom. The third-order valence-corrected chi connectivity index (χ3v) is 4.76. The van der Waals surface area contributed by atoms with E-state index in [1.807, 2.05) is 23.9 Å². The lowest BCUT2D eigenvalue weighted by molar-refractivity contribution is 0.627. The van der Waals surface area contributed by atoms with Crippen LogP contribution >= 0.6 is 11.8 Å². The monoisotopic (exact) mass is 264 g/mol. The minimum absolute atomic E-state index is 0.172. The second-order valence-electron chi connectivity index (χ2n) is 4.94. The molecule has 0 saturated heterocycles. The number of halogens is 1. The highest BCUT2D eigenvalue weighted by Gasteiger charge is 2.35. The summed E-state index contributed by atoms with van der Waals surface area (Å²) < 4.78 is 12.7. The number of thioether (sulfide) groups is 1. The summed E-state index contributed by atoms with van der Waals surface area (Å²) in [6.07, 6.45) is 3.68. The average molecular weight is 264 g/mol. The van der Waals surface area contributed by atoms with Gasteiger partial charge in [0.05, 0.1) is 6.54 Å². The van der Waals surface area contributed by atoms with Gasteiger partial charge in [-0.05, 0) is 42.9 Å². The normalized spacial score (nSPS) is 22.9. The summed E-state index contributed by atoms with van der Waals surface area (Å²) in [4.78, 5) is 4.53. The fraction of sp³-hybridized carbons (Fsp3) is 0.500. The molecule has 0 amide bonds. The molecule has 96 valence electrons. The van der Waals surface area contributed by atoms with Crippen LogP contribution in [-0.4, -0.2) is 23.5 Å². The standard InChI is InChI=1S/C14H17FN2S/c15-12-5-1-10(2-6-12)7-8-16-14-17-9-13(18-14)11-3-4-11/h1-2,5-6,11,13H,3-4,7-9H2,(H,16,17). The molecule has 1 saturated carbocycles. The molecule has 1 aliphatic carbocycles. The highest BCUT2D eigenvalue weighted by molar-refractivity contribution is 8.14. The lowest BCUT2D eigenvalue weighted by Gasteiger charge is -2.07. The zero-order valence-corrected chi connectivity index (χ0v) is 11.0. The molecule has 1 atom stereocenters. The molecule has 1 heterocycles. The number of nitrogens with one attached hydrogen (secondary N) is 1. The molecule has 0 aromatic heterocycles. The van der Waals surface area contributed by atoms with E-state index in [9.17, 15) is 4.39 Å². The van der Waals surface area contributed by atoms with Crippen LogP contribution in [0.1, 0.15) is 18.4 Å². The fourth-order valence-corrected chi connectivity index (χ4v) is 3.40. The number of hydrogen-bond donors (Lipinski definition) is 1. The Labute approximate surface area is 111 Å². The summed E-state index contributed by atoms with van der Waals surface area (Å²) in [6, 6.07) is 6.71. The van der Waals surface area contributed by atoms with Crippen LogP contribution in [0.15, 0.2) is 29.3 Å². The van der Waals surface area contributed by atoms with Crippen molar-refractivity contribution >= 4 is 16.9 Å². The van der Waals surface area contributed by atoms with Gasteiger partial charge in [0.25, 0.3) is 0 Å². The van der Waals surface area contributed by atoms with Crippen LogP contribution in [0.2, 0.25) is 0 Å². The number of hydrogen-bond acceptors (Lipinski definition) is 3. The van der Waals surface area contributed by atoms with Crippen LogP contribution in [0.4, 0.5) is 4.39 Å². The molecule has 3 rings (SSSR count). The highest BCUT2D eigenvalue weighted by atomic mass is 32.2. The van der Waals surface area contributed by atoms with Gasteiger partial charge in [0.2, 0.25) is 0 Å². The summed E-state index contributed by atoms with van der Waals surface area (Å²) in [5.41, 5.74) is 1.16. The lowest BCUT2D eigenvalue weighted by atomic mass is 10.1. The van der Waals surface area contributed by atoms with Crippen molar-refractivity contribution in [3.05, 3.63) is 35.6 Å². The Bertz CT molecular complexity index is 440. The predicted molar refractivity (Wildman–Crippen MR) is 74.5 cm³/mol. The maximum Gasteiger partial charge on any atom is 0.156 e. The van der Waals surface area contributed by atoms with Crippen LogP contribution in [0, 0.1) is 11.7 Å². The second-order valence-corrected chi connectivity index (χ2v) is 6.17. The minimum Gasteiger partial charge on any atom is -0.365 e. The molecule has 0 bridgehead atoms. The summed E-state index contributed by atoms with van der Waals surface area (Å²) in [6.45, 7) is 1.85. The van der Waals surface area contributed by atoms with Gasteiger partial charge in [0.15, 0.2) is 5.17 Å². The van der Waals surface area contributed by atoms with E-state index in [1.165, 1.54) is 25.0 Å². The molecule has 2 aliphatic rings. The number of aliphatic imine (C=N–C) groups is 1. The van der Waals surface area contributed by atoms with Gasteiger partial charge in [-0.3, -0.25) is 4.99 Å². The number of amidine groups is 1. The SMILES string of the molecule is Fc1ccc(CCNC2=NCC(C3CC3)S2)cc1. The molecule has 1 fully saturated rings. The lowest BCUT2D eigenvalue weighted by Crippen LogP contribution is -2.22. The smallest absolute Gasteiger partial charge is 0.156 e. The summed E-state index contributed by atoms with van der Waals surface area (Å²) in [5, 5.41) is 5.19. The molecule has 18 heavy (non-hydrogen) atoms. The van der Waals surface area contributed by atoms with E-state index in [2.05, 4.69) is 10.3 Å². The second kappa shape index (κ2) is 5.31. The van der Waals surface area contributed by atoms with E-state index in [1.54, 1.807) is 0 Å². The van der Waals surface area contributed by atoms with Gasteiger partial charge in [-0.2, -0.15) is 0 Å². The van der Waals surface area contributed by atoms with Gasteiger partial charge >= 0.3 is 0 Å². The minimum atomic E-state index is -0.172. The molecular formula is C14H17FN2S. The third kappa shape index (κ3) is 3.05. The quantitative estimate of drug-likeness (QED) is 0.904. The molecule has 1 aromatic carbocycles. The summed E-state index contributed by atoms with van der Waals surface area (Å²) in [7, 11) is 0. The Morgan fingerprint density at radius 3 is 2.78 bits per heavy atom. The van der Waals surface area contributed by atoms with Crippen LogP contribution in [0.25, 0.3) is 0 Å². The van der Waals surface area contributed by atoms with Crippen molar-refractivity contribution in [2.75, 3.05) is 13.1 Å². The largest absolute Gasteiger partial charge is 0.365 e. The molecule has 1 aliphatic heterocycles. The Morgan fingerprint density at radius 2 is 2.06 bits per heavy atom. The van der Waals surface area contributed by atoms with E-state index in [4.69, 9.17) is 0 Å². The zero-order valence-electron chi connectivity index (χ0n) is 10.2. The Balaban J connectivity index is 1.41. The first kappa shape index (κ1) is 12.0. The first-order chi connectivity index (χ1) is 8.81. The molecule has 1 unspecified atom stereocenters. The van der Waals surface area contributed by atoms with Gasteiger partial charge in [-0.15, -0.1) is 0 Å². The van der Waals surface area contributed by atoms with Gasteiger partial charge in [-0.1, -0.05) is 23.9 Å². The topological polar surface area (TPSA) is 24.4 Å². The van der Waals surface area contributed by atoms with E-state index in [0.29, 0.717) is 0 Å². The molecule has 1 N–H and O–H groups in total. The van der Waals surface area contributed by atoms with Gasteiger partial charge < -0.3 is 5.32 Å². The maximum absolute atomic E-state index is 12.7. The molecule has 4 heteroatoms. The van der Waals surface area contributed by atoms with Crippen molar-refractivity contribution in [1.82, 2.24) is 5.32 Å². The molecule has 0 spiro atoms. The molecule has 0 radical (unpaired) electrons. The molecular weight excluding hydrogens is 247 g/mol.